The highest BCUT2D eigenvalue weighted by Gasteiger charge is 2.28. The molecule has 2 rings (SSSR count). The lowest BCUT2D eigenvalue weighted by molar-refractivity contribution is -0.142. The van der Waals surface area contributed by atoms with Gasteiger partial charge in [-0.15, -0.1) is 0 Å². The molecule has 2 aromatic rings. The van der Waals surface area contributed by atoms with E-state index in [-0.39, 0.29) is 24.0 Å². The lowest BCUT2D eigenvalue weighted by Gasteiger charge is -2.31. The van der Waals surface area contributed by atoms with Gasteiger partial charge in [-0.25, -0.2) is 0 Å². The Balaban J connectivity index is 2.18. The van der Waals surface area contributed by atoms with Gasteiger partial charge in [-0.2, -0.15) is 0 Å². The first-order valence-corrected chi connectivity index (χ1v) is 10.3. The van der Waals surface area contributed by atoms with Crippen molar-refractivity contribution in [2.24, 2.45) is 0 Å². The fourth-order valence-electron chi connectivity index (χ4n) is 3.19. The molecule has 0 radical (unpaired) electrons. The molecule has 2 amide bonds. The number of nitrogens with one attached hydrogen (secondary N) is 1. The minimum Gasteiger partial charge on any atom is -0.484 e. The number of nitrogens with zero attached hydrogens (tertiary/aromatic N) is 1. The Hall–Kier alpha value is -2.82. The van der Waals surface area contributed by atoms with Gasteiger partial charge in [0, 0.05) is 12.1 Å². The lowest BCUT2D eigenvalue weighted by atomic mass is 10.1. The first-order chi connectivity index (χ1) is 13.9. The Morgan fingerprint density at radius 3 is 2.07 bits per heavy atom. The molecule has 0 saturated carbocycles. The summed E-state index contributed by atoms with van der Waals surface area (Å²) in [4.78, 5) is 27.4. The predicted octanol–water partition coefficient (Wildman–Crippen LogP) is 4.32. The van der Waals surface area contributed by atoms with Gasteiger partial charge in [0.15, 0.2) is 6.61 Å². The Bertz CT molecular complexity index is 862. The van der Waals surface area contributed by atoms with Crippen LogP contribution in [0.25, 0.3) is 0 Å². The molecular weight excluding hydrogens is 376 g/mol. The summed E-state index contributed by atoms with van der Waals surface area (Å²) in [5, 5.41) is 2.96. The fourth-order valence-corrected chi connectivity index (χ4v) is 3.19. The maximum atomic E-state index is 13.1. The molecular formula is C25H34N2O3. The molecule has 5 heteroatoms. The summed E-state index contributed by atoms with van der Waals surface area (Å²) >= 11 is 0. The molecule has 0 spiro atoms. The zero-order valence-electron chi connectivity index (χ0n) is 19.2. The number of amides is 2. The maximum absolute atomic E-state index is 13.1. The van der Waals surface area contributed by atoms with E-state index in [4.69, 9.17) is 4.74 Å². The molecule has 0 aliphatic carbocycles. The summed E-state index contributed by atoms with van der Waals surface area (Å²) in [5.41, 5.74) is 3.89. The third-order valence-corrected chi connectivity index (χ3v) is 4.70. The molecule has 0 aliphatic heterocycles. The van der Waals surface area contributed by atoms with Crippen LogP contribution >= 0.6 is 0 Å². The molecule has 0 aromatic heterocycles. The second-order valence-electron chi connectivity index (χ2n) is 9.03. The van der Waals surface area contributed by atoms with E-state index in [1.807, 2.05) is 77.9 Å². The minimum atomic E-state index is -0.624. The van der Waals surface area contributed by atoms with Gasteiger partial charge in [-0.1, -0.05) is 35.9 Å². The number of hydrogen-bond donors (Lipinski definition) is 1. The molecule has 0 bridgehead atoms. The standard InChI is InChI=1S/C25H34N2O3/c1-17-8-10-21(11-9-17)15-27(20(4)24(29)26-25(5,6)7)23(28)16-30-22-13-18(2)12-19(3)14-22/h8-14,20H,15-16H2,1-7H3,(H,26,29)/t20-/m1/s1. The van der Waals surface area contributed by atoms with Gasteiger partial charge in [0.25, 0.3) is 5.91 Å². The summed E-state index contributed by atoms with van der Waals surface area (Å²) in [6.07, 6.45) is 0. The van der Waals surface area contributed by atoms with Crippen molar-refractivity contribution in [2.75, 3.05) is 6.61 Å². The van der Waals surface area contributed by atoms with Crippen LogP contribution in [0, 0.1) is 20.8 Å². The van der Waals surface area contributed by atoms with Crippen molar-refractivity contribution < 1.29 is 14.3 Å². The lowest BCUT2D eigenvalue weighted by Crippen LogP contribution is -2.53. The van der Waals surface area contributed by atoms with Crippen molar-refractivity contribution in [3.63, 3.8) is 0 Å². The highest BCUT2D eigenvalue weighted by atomic mass is 16.5. The summed E-state index contributed by atoms with van der Waals surface area (Å²) in [5.74, 6) is 0.239. The Morgan fingerprint density at radius 1 is 0.967 bits per heavy atom. The van der Waals surface area contributed by atoms with E-state index >= 15 is 0 Å². The highest BCUT2D eigenvalue weighted by Crippen LogP contribution is 2.17. The second kappa shape index (κ2) is 9.79. The Labute approximate surface area is 180 Å². The van der Waals surface area contributed by atoms with Gasteiger partial charge in [-0.3, -0.25) is 9.59 Å². The van der Waals surface area contributed by atoms with Crippen LogP contribution in [-0.2, 0) is 16.1 Å². The topological polar surface area (TPSA) is 58.6 Å². The average Bonchev–Trinajstić information content (AvgIpc) is 2.63. The van der Waals surface area contributed by atoms with Gasteiger partial charge in [0.1, 0.15) is 11.8 Å². The minimum absolute atomic E-state index is 0.123. The normalized spacial score (nSPS) is 12.2. The second-order valence-corrected chi connectivity index (χ2v) is 9.03. The van der Waals surface area contributed by atoms with Crippen LogP contribution in [0.5, 0.6) is 5.75 Å². The van der Waals surface area contributed by atoms with E-state index in [2.05, 4.69) is 11.4 Å². The zero-order chi connectivity index (χ0) is 22.5. The monoisotopic (exact) mass is 410 g/mol. The maximum Gasteiger partial charge on any atom is 0.261 e. The summed E-state index contributed by atoms with van der Waals surface area (Å²) in [6, 6.07) is 13.2. The van der Waals surface area contributed by atoms with Gasteiger partial charge in [-0.05, 0) is 77.3 Å². The molecule has 0 heterocycles. The van der Waals surface area contributed by atoms with Gasteiger partial charge < -0.3 is 15.0 Å². The van der Waals surface area contributed by atoms with E-state index in [0.717, 1.165) is 22.3 Å². The van der Waals surface area contributed by atoms with Crippen LogP contribution in [0.15, 0.2) is 42.5 Å². The zero-order valence-corrected chi connectivity index (χ0v) is 19.2. The molecule has 30 heavy (non-hydrogen) atoms. The third-order valence-electron chi connectivity index (χ3n) is 4.70. The molecule has 1 atom stereocenters. The summed E-state index contributed by atoms with van der Waals surface area (Å²) in [7, 11) is 0. The smallest absolute Gasteiger partial charge is 0.261 e. The third kappa shape index (κ3) is 7.21. The highest BCUT2D eigenvalue weighted by molar-refractivity contribution is 5.88. The van der Waals surface area contributed by atoms with Crippen LogP contribution in [0.3, 0.4) is 0 Å². The predicted molar refractivity (Wildman–Crippen MR) is 120 cm³/mol. The van der Waals surface area contributed by atoms with Crippen molar-refractivity contribution in [3.8, 4) is 5.75 Å². The Morgan fingerprint density at radius 2 is 1.53 bits per heavy atom. The SMILES string of the molecule is Cc1ccc(CN(C(=O)COc2cc(C)cc(C)c2)[C@H](C)C(=O)NC(C)(C)C)cc1. The van der Waals surface area contributed by atoms with E-state index in [0.29, 0.717) is 12.3 Å². The quantitative estimate of drug-likeness (QED) is 0.739. The molecule has 162 valence electrons. The van der Waals surface area contributed by atoms with Crippen molar-refractivity contribution in [3.05, 3.63) is 64.7 Å². The van der Waals surface area contributed by atoms with E-state index in [1.54, 1.807) is 11.8 Å². The average molecular weight is 411 g/mol. The van der Waals surface area contributed by atoms with Crippen LogP contribution < -0.4 is 10.1 Å². The van der Waals surface area contributed by atoms with E-state index in [9.17, 15) is 9.59 Å². The molecule has 2 aromatic carbocycles. The number of hydrogen-bond acceptors (Lipinski definition) is 3. The first-order valence-electron chi connectivity index (χ1n) is 10.3. The van der Waals surface area contributed by atoms with Crippen LogP contribution in [0.2, 0.25) is 0 Å². The number of benzene rings is 2. The number of aryl methyl sites for hydroxylation is 3. The molecule has 0 aliphatic rings. The van der Waals surface area contributed by atoms with Crippen molar-refractivity contribution in [2.45, 2.75) is 66.6 Å². The van der Waals surface area contributed by atoms with Crippen LogP contribution in [0.1, 0.15) is 49.9 Å². The van der Waals surface area contributed by atoms with E-state index < -0.39 is 6.04 Å². The van der Waals surface area contributed by atoms with Gasteiger partial charge >= 0.3 is 0 Å². The summed E-state index contributed by atoms with van der Waals surface area (Å²) in [6.45, 7) is 13.7. The first kappa shape index (κ1) is 23.5. The molecule has 0 unspecified atom stereocenters. The van der Waals surface area contributed by atoms with Gasteiger partial charge in [0.05, 0.1) is 0 Å². The van der Waals surface area contributed by atoms with Crippen molar-refractivity contribution >= 4 is 11.8 Å². The molecule has 0 saturated heterocycles. The Kier molecular flexibility index (Phi) is 7.65. The number of ether oxygens (including phenoxy) is 1. The van der Waals surface area contributed by atoms with E-state index in [1.165, 1.54) is 0 Å². The van der Waals surface area contributed by atoms with Gasteiger partial charge in [0.2, 0.25) is 5.91 Å². The molecule has 0 fully saturated rings. The van der Waals surface area contributed by atoms with Crippen LogP contribution in [-0.4, -0.2) is 34.9 Å². The molecule has 5 nitrogen and oxygen atoms in total. The number of carbonyl (C=O) groups is 2. The number of rotatable bonds is 7. The largest absolute Gasteiger partial charge is 0.484 e. The van der Waals surface area contributed by atoms with Crippen molar-refractivity contribution in [1.82, 2.24) is 10.2 Å². The van der Waals surface area contributed by atoms with Crippen LogP contribution in [0.4, 0.5) is 0 Å². The number of carbonyl (C=O) groups excluding carboxylic acids is 2. The fraction of sp³-hybridized carbons (Fsp3) is 0.440. The summed E-state index contributed by atoms with van der Waals surface area (Å²) < 4.78 is 5.78. The van der Waals surface area contributed by atoms with Crippen molar-refractivity contribution in [1.29, 1.82) is 0 Å². The molecule has 1 N–H and O–H groups in total.